The normalized spacial score (nSPS) is 16.1. The third-order valence-electron chi connectivity index (χ3n) is 4.91. The minimum atomic E-state index is -3.71. The van der Waals surface area contributed by atoms with E-state index in [-0.39, 0.29) is 10.8 Å². The lowest BCUT2D eigenvalue weighted by atomic mass is 10.1. The van der Waals surface area contributed by atoms with Crippen molar-refractivity contribution in [2.45, 2.75) is 51.6 Å². The molecule has 0 spiro atoms. The van der Waals surface area contributed by atoms with E-state index in [0.717, 1.165) is 17.0 Å². The van der Waals surface area contributed by atoms with Gasteiger partial charge in [0.1, 0.15) is 0 Å². The van der Waals surface area contributed by atoms with Gasteiger partial charge in [-0.15, -0.1) is 0 Å². The van der Waals surface area contributed by atoms with Crippen LogP contribution in [-0.2, 0) is 16.6 Å². The molecule has 1 aliphatic heterocycles. The van der Waals surface area contributed by atoms with Crippen molar-refractivity contribution in [3.8, 4) is 0 Å². The molecule has 164 valence electrons. The van der Waals surface area contributed by atoms with Gasteiger partial charge in [-0.1, -0.05) is 11.2 Å². The molecule has 2 aromatic rings. The molecule has 1 aliphatic rings. The maximum Gasteiger partial charge on any atom is 0.254 e. The molecule has 1 saturated heterocycles. The summed E-state index contributed by atoms with van der Waals surface area (Å²) in [5, 5.41) is 3.90. The van der Waals surface area contributed by atoms with Crippen LogP contribution in [-0.4, -0.2) is 61.0 Å². The molecule has 1 aromatic carbocycles. The van der Waals surface area contributed by atoms with Crippen LogP contribution < -0.4 is 4.72 Å². The molecule has 30 heavy (non-hydrogen) atoms. The molecule has 9 heteroatoms. The summed E-state index contributed by atoms with van der Waals surface area (Å²) in [7, 11) is -3.71. The van der Waals surface area contributed by atoms with Crippen LogP contribution in [0.15, 0.2) is 33.7 Å². The molecule has 0 unspecified atom stereocenters. The van der Waals surface area contributed by atoms with Gasteiger partial charge in [-0.25, -0.2) is 13.1 Å². The van der Waals surface area contributed by atoms with Crippen molar-refractivity contribution in [3.05, 3.63) is 46.8 Å². The molecule has 0 aliphatic carbocycles. The number of nitrogens with zero attached hydrogens (tertiary/aromatic N) is 3. The molecule has 3 rings (SSSR count). The number of carbonyl (C=O) groups is 1. The highest BCUT2D eigenvalue weighted by Crippen LogP contribution is 2.20. The van der Waals surface area contributed by atoms with Crippen molar-refractivity contribution in [1.82, 2.24) is 19.7 Å². The predicted molar refractivity (Wildman–Crippen MR) is 114 cm³/mol. The van der Waals surface area contributed by atoms with Gasteiger partial charge in [-0.05, 0) is 52.3 Å². The molecule has 1 fully saturated rings. The lowest BCUT2D eigenvalue weighted by Gasteiger charge is -2.34. The molecule has 2 heterocycles. The summed E-state index contributed by atoms with van der Waals surface area (Å²) < 4.78 is 33.2. The molecule has 8 nitrogen and oxygen atoms in total. The zero-order valence-electron chi connectivity index (χ0n) is 18.2. The summed E-state index contributed by atoms with van der Waals surface area (Å²) in [5.41, 5.74) is 1.43. The number of sulfonamides is 1. The maximum atomic E-state index is 13.1. The van der Waals surface area contributed by atoms with E-state index in [2.05, 4.69) is 14.8 Å². The van der Waals surface area contributed by atoms with E-state index in [1.54, 1.807) is 31.7 Å². The van der Waals surface area contributed by atoms with Crippen LogP contribution in [0.3, 0.4) is 0 Å². The lowest BCUT2D eigenvalue weighted by Crippen LogP contribution is -2.48. The highest BCUT2D eigenvalue weighted by molar-refractivity contribution is 7.89. The monoisotopic (exact) mass is 434 g/mol. The van der Waals surface area contributed by atoms with E-state index >= 15 is 0 Å². The number of amides is 1. The van der Waals surface area contributed by atoms with Gasteiger partial charge in [0.25, 0.3) is 5.91 Å². The lowest BCUT2D eigenvalue weighted by molar-refractivity contribution is 0.0616. The standard InChI is InChI=1S/C21H30N4O4S/c1-15-6-7-18(30(27,28)23-21(3,4)5)13-19(15)20(26)25-10-8-24(9-11-25)14-17-12-16(2)22-29-17/h6-7,12-13,23H,8-11,14H2,1-5H3. The molecular weight excluding hydrogens is 404 g/mol. The Bertz CT molecular complexity index is 1020. The third kappa shape index (κ3) is 5.47. The van der Waals surface area contributed by atoms with Crippen molar-refractivity contribution >= 4 is 15.9 Å². The Hall–Kier alpha value is -2.23. The highest BCUT2D eigenvalue weighted by Gasteiger charge is 2.27. The second-order valence-corrected chi connectivity index (χ2v) is 10.5. The zero-order valence-corrected chi connectivity index (χ0v) is 19.0. The van der Waals surface area contributed by atoms with E-state index in [9.17, 15) is 13.2 Å². The van der Waals surface area contributed by atoms with E-state index in [1.807, 2.05) is 19.9 Å². The first kappa shape index (κ1) is 22.5. The number of piperazine rings is 1. The van der Waals surface area contributed by atoms with E-state index in [4.69, 9.17) is 4.52 Å². The van der Waals surface area contributed by atoms with Gasteiger partial charge in [0.05, 0.1) is 17.1 Å². The fourth-order valence-electron chi connectivity index (χ4n) is 3.45. The molecular formula is C21H30N4O4S. The summed E-state index contributed by atoms with van der Waals surface area (Å²) in [6.45, 7) is 12.3. The summed E-state index contributed by atoms with van der Waals surface area (Å²) >= 11 is 0. The Balaban J connectivity index is 1.70. The van der Waals surface area contributed by atoms with Crippen LogP contribution >= 0.6 is 0 Å². The third-order valence-corrected chi connectivity index (χ3v) is 6.66. The second-order valence-electron chi connectivity index (χ2n) is 8.84. The quantitative estimate of drug-likeness (QED) is 0.776. The average molecular weight is 435 g/mol. The molecule has 1 N–H and O–H groups in total. The van der Waals surface area contributed by atoms with Gasteiger partial charge < -0.3 is 9.42 Å². The smallest absolute Gasteiger partial charge is 0.254 e. The average Bonchev–Trinajstić information content (AvgIpc) is 3.05. The SMILES string of the molecule is Cc1cc(CN2CCN(C(=O)c3cc(S(=O)(=O)NC(C)(C)C)ccc3C)CC2)on1. The number of carbonyl (C=O) groups excluding carboxylic acids is 1. The minimum absolute atomic E-state index is 0.103. The molecule has 0 saturated carbocycles. The number of aryl methyl sites for hydroxylation is 2. The van der Waals surface area contributed by atoms with Crippen LogP contribution in [0.1, 0.15) is 48.1 Å². The Labute approximate surface area is 178 Å². The van der Waals surface area contributed by atoms with Gasteiger partial charge in [0.2, 0.25) is 10.0 Å². The molecule has 0 bridgehead atoms. The van der Waals surface area contributed by atoms with E-state index < -0.39 is 15.6 Å². The summed E-state index contributed by atoms with van der Waals surface area (Å²) in [5.74, 6) is 0.669. The maximum absolute atomic E-state index is 13.1. The summed E-state index contributed by atoms with van der Waals surface area (Å²) in [4.78, 5) is 17.2. The zero-order chi connectivity index (χ0) is 22.1. The van der Waals surface area contributed by atoms with Crippen molar-refractivity contribution < 1.29 is 17.7 Å². The Kier molecular flexibility index (Phi) is 6.35. The van der Waals surface area contributed by atoms with Crippen LogP contribution in [0.4, 0.5) is 0 Å². The minimum Gasteiger partial charge on any atom is -0.360 e. The molecule has 0 atom stereocenters. The van der Waals surface area contributed by atoms with Gasteiger partial charge in [0, 0.05) is 43.3 Å². The Morgan fingerprint density at radius 1 is 1.13 bits per heavy atom. The van der Waals surface area contributed by atoms with Crippen molar-refractivity contribution in [2.24, 2.45) is 0 Å². The number of aromatic nitrogens is 1. The first-order valence-corrected chi connectivity index (χ1v) is 11.5. The highest BCUT2D eigenvalue weighted by atomic mass is 32.2. The van der Waals surface area contributed by atoms with Crippen molar-refractivity contribution in [1.29, 1.82) is 0 Å². The van der Waals surface area contributed by atoms with Crippen LogP contribution in [0, 0.1) is 13.8 Å². The first-order valence-electron chi connectivity index (χ1n) is 10.0. The molecule has 1 amide bonds. The summed E-state index contributed by atoms with van der Waals surface area (Å²) in [6.07, 6.45) is 0. The predicted octanol–water partition coefficient (Wildman–Crippen LogP) is 2.33. The van der Waals surface area contributed by atoms with Crippen LogP contribution in [0.2, 0.25) is 0 Å². The van der Waals surface area contributed by atoms with E-state index in [0.29, 0.717) is 38.3 Å². The topological polar surface area (TPSA) is 95.8 Å². The molecule has 1 aromatic heterocycles. The largest absolute Gasteiger partial charge is 0.360 e. The number of hydrogen-bond donors (Lipinski definition) is 1. The fourth-order valence-corrected chi connectivity index (χ4v) is 4.90. The second kappa shape index (κ2) is 8.49. The number of benzene rings is 1. The number of rotatable bonds is 5. The van der Waals surface area contributed by atoms with Gasteiger partial charge in [0.15, 0.2) is 5.76 Å². The Morgan fingerprint density at radius 3 is 2.37 bits per heavy atom. The molecule has 0 radical (unpaired) electrons. The van der Waals surface area contributed by atoms with Crippen LogP contribution in [0.5, 0.6) is 0 Å². The first-order chi connectivity index (χ1) is 13.9. The van der Waals surface area contributed by atoms with Crippen molar-refractivity contribution in [3.63, 3.8) is 0 Å². The van der Waals surface area contributed by atoms with Crippen LogP contribution in [0.25, 0.3) is 0 Å². The number of hydrogen-bond acceptors (Lipinski definition) is 6. The Morgan fingerprint density at radius 2 is 1.80 bits per heavy atom. The van der Waals surface area contributed by atoms with E-state index in [1.165, 1.54) is 12.1 Å². The number of nitrogens with one attached hydrogen (secondary N) is 1. The van der Waals surface area contributed by atoms with Crippen molar-refractivity contribution in [2.75, 3.05) is 26.2 Å². The summed E-state index contributed by atoms with van der Waals surface area (Å²) in [6, 6.07) is 6.62. The van der Waals surface area contributed by atoms with Gasteiger partial charge in [-0.2, -0.15) is 0 Å². The fraction of sp³-hybridized carbons (Fsp3) is 0.524. The van der Waals surface area contributed by atoms with Gasteiger partial charge >= 0.3 is 0 Å². The van der Waals surface area contributed by atoms with Gasteiger partial charge in [-0.3, -0.25) is 9.69 Å².